The van der Waals surface area contributed by atoms with Gasteiger partial charge in [-0.25, -0.2) is 9.37 Å². The van der Waals surface area contributed by atoms with Crippen molar-refractivity contribution in [1.82, 2.24) is 15.3 Å². The molecule has 0 radical (unpaired) electrons. The number of nitrogens with zero attached hydrogens (tertiary/aromatic N) is 1. The third kappa shape index (κ3) is 3.00. The van der Waals surface area contributed by atoms with E-state index in [9.17, 15) is 9.18 Å². The summed E-state index contributed by atoms with van der Waals surface area (Å²) in [5.41, 5.74) is 1.94. The number of imidazole rings is 1. The van der Waals surface area contributed by atoms with Crippen LogP contribution in [0.5, 0.6) is 0 Å². The van der Waals surface area contributed by atoms with Gasteiger partial charge in [0.15, 0.2) is 0 Å². The first-order chi connectivity index (χ1) is 13.1. The molecule has 2 heterocycles. The number of carbonyl (C=O) groups is 1. The SMILES string of the molecule is C[C@@H](NC(=O)C1C[C@@H]1c1nc2ccccc2[nH]1)c1cc2ccc(F)cc2s1. The molecule has 0 aliphatic heterocycles. The lowest BCUT2D eigenvalue weighted by molar-refractivity contribution is -0.123. The monoisotopic (exact) mass is 379 g/mol. The maximum absolute atomic E-state index is 13.4. The lowest BCUT2D eigenvalue weighted by atomic mass is 10.2. The average molecular weight is 379 g/mol. The first-order valence-corrected chi connectivity index (χ1v) is 9.84. The molecule has 27 heavy (non-hydrogen) atoms. The Balaban J connectivity index is 1.28. The average Bonchev–Trinajstić information content (AvgIpc) is 3.16. The van der Waals surface area contributed by atoms with Crippen molar-refractivity contribution in [2.75, 3.05) is 0 Å². The molecule has 5 rings (SSSR count). The molecular formula is C21H18FN3OS. The zero-order chi connectivity index (χ0) is 18.5. The smallest absolute Gasteiger partial charge is 0.224 e. The molecule has 6 heteroatoms. The molecule has 0 spiro atoms. The molecule has 3 atom stereocenters. The number of amides is 1. The summed E-state index contributed by atoms with van der Waals surface area (Å²) in [6.45, 7) is 1.97. The summed E-state index contributed by atoms with van der Waals surface area (Å²) < 4.78 is 14.3. The molecule has 1 fully saturated rings. The molecule has 4 nitrogen and oxygen atoms in total. The van der Waals surface area contributed by atoms with Crippen LogP contribution in [0.1, 0.15) is 36.0 Å². The standard InChI is InChI=1S/C21H18FN3OS/c1-11(18-8-12-6-7-13(22)9-19(12)27-18)23-21(26)15-10-14(15)20-24-16-4-2-3-5-17(16)25-20/h2-9,11,14-15H,10H2,1H3,(H,23,26)(H,24,25)/t11-,14+,15?/m1/s1. The first-order valence-electron chi connectivity index (χ1n) is 9.02. The summed E-state index contributed by atoms with van der Waals surface area (Å²) in [6.07, 6.45) is 0.815. The van der Waals surface area contributed by atoms with Crippen molar-refractivity contribution in [3.8, 4) is 0 Å². The number of carbonyl (C=O) groups excluding carboxylic acids is 1. The van der Waals surface area contributed by atoms with Gasteiger partial charge in [0.1, 0.15) is 11.6 Å². The number of hydrogen-bond acceptors (Lipinski definition) is 3. The van der Waals surface area contributed by atoms with Crippen LogP contribution in [0.2, 0.25) is 0 Å². The highest BCUT2D eigenvalue weighted by molar-refractivity contribution is 7.19. The Morgan fingerprint density at radius 3 is 3.00 bits per heavy atom. The number of benzene rings is 2. The van der Waals surface area contributed by atoms with E-state index in [1.54, 1.807) is 6.07 Å². The largest absolute Gasteiger partial charge is 0.349 e. The molecule has 1 aliphatic carbocycles. The van der Waals surface area contributed by atoms with E-state index in [0.717, 1.165) is 38.2 Å². The van der Waals surface area contributed by atoms with Crippen LogP contribution in [0.4, 0.5) is 4.39 Å². The number of halogens is 1. The predicted octanol–water partition coefficient (Wildman–Crippen LogP) is 4.90. The number of aromatic nitrogens is 2. The minimum absolute atomic E-state index is 0.0418. The van der Waals surface area contributed by atoms with Crippen LogP contribution in [-0.4, -0.2) is 15.9 Å². The molecule has 2 N–H and O–H groups in total. The number of rotatable bonds is 4. The number of para-hydroxylation sites is 2. The highest BCUT2D eigenvalue weighted by Crippen LogP contribution is 2.47. The summed E-state index contributed by atoms with van der Waals surface area (Å²) in [5.74, 6) is 0.818. The van der Waals surface area contributed by atoms with Crippen molar-refractivity contribution in [2.24, 2.45) is 5.92 Å². The molecule has 1 amide bonds. The molecule has 1 saturated carbocycles. The Kier molecular flexibility index (Phi) is 3.75. The maximum atomic E-state index is 13.4. The van der Waals surface area contributed by atoms with Crippen molar-refractivity contribution in [2.45, 2.75) is 25.3 Å². The van der Waals surface area contributed by atoms with Gasteiger partial charge < -0.3 is 10.3 Å². The topological polar surface area (TPSA) is 57.8 Å². The fraction of sp³-hybridized carbons (Fsp3) is 0.238. The number of hydrogen-bond donors (Lipinski definition) is 2. The molecule has 0 saturated heterocycles. The Bertz CT molecular complexity index is 1130. The summed E-state index contributed by atoms with van der Waals surface area (Å²) in [7, 11) is 0. The number of aromatic amines is 1. The molecule has 2 aromatic heterocycles. The van der Waals surface area contributed by atoms with E-state index >= 15 is 0 Å². The van der Waals surface area contributed by atoms with E-state index in [2.05, 4.69) is 15.3 Å². The van der Waals surface area contributed by atoms with Gasteiger partial charge in [-0.05, 0) is 49.1 Å². The van der Waals surface area contributed by atoms with Crippen molar-refractivity contribution >= 4 is 38.4 Å². The molecule has 1 unspecified atom stereocenters. The highest BCUT2D eigenvalue weighted by atomic mass is 32.1. The van der Waals surface area contributed by atoms with Crippen LogP contribution < -0.4 is 5.32 Å². The zero-order valence-electron chi connectivity index (χ0n) is 14.7. The van der Waals surface area contributed by atoms with Crippen LogP contribution in [0.15, 0.2) is 48.5 Å². The molecule has 2 aromatic carbocycles. The number of nitrogens with one attached hydrogen (secondary N) is 2. The third-order valence-corrected chi connectivity index (χ3v) is 6.45. The van der Waals surface area contributed by atoms with Gasteiger partial charge in [-0.2, -0.15) is 0 Å². The predicted molar refractivity (Wildman–Crippen MR) is 105 cm³/mol. The van der Waals surface area contributed by atoms with Crippen molar-refractivity contribution in [3.05, 3.63) is 65.0 Å². The van der Waals surface area contributed by atoms with Crippen LogP contribution in [0, 0.1) is 11.7 Å². The quantitative estimate of drug-likeness (QED) is 0.530. The first kappa shape index (κ1) is 16.4. The lowest BCUT2D eigenvalue weighted by Gasteiger charge is -2.11. The van der Waals surface area contributed by atoms with Crippen LogP contribution >= 0.6 is 11.3 Å². The molecule has 136 valence electrons. The number of H-pyrrole nitrogens is 1. The van der Waals surface area contributed by atoms with Gasteiger partial charge in [0.2, 0.25) is 5.91 Å². The Morgan fingerprint density at radius 2 is 2.15 bits per heavy atom. The normalized spacial score (nSPS) is 20.1. The van der Waals surface area contributed by atoms with Gasteiger partial charge in [0.05, 0.1) is 17.1 Å². The van der Waals surface area contributed by atoms with Gasteiger partial charge in [-0.3, -0.25) is 4.79 Å². The van der Waals surface area contributed by atoms with Gasteiger partial charge in [-0.1, -0.05) is 18.2 Å². The fourth-order valence-electron chi connectivity index (χ4n) is 3.57. The van der Waals surface area contributed by atoms with Crippen molar-refractivity contribution < 1.29 is 9.18 Å². The summed E-state index contributed by atoms with van der Waals surface area (Å²) in [5, 5.41) is 4.11. The number of fused-ring (bicyclic) bond motifs is 2. The zero-order valence-corrected chi connectivity index (χ0v) is 15.5. The minimum Gasteiger partial charge on any atom is -0.349 e. The fourth-order valence-corrected chi connectivity index (χ4v) is 4.66. The van der Waals surface area contributed by atoms with E-state index in [-0.39, 0.29) is 29.6 Å². The van der Waals surface area contributed by atoms with E-state index in [4.69, 9.17) is 0 Å². The van der Waals surface area contributed by atoms with Crippen molar-refractivity contribution in [3.63, 3.8) is 0 Å². The lowest BCUT2D eigenvalue weighted by Crippen LogP contribution is -2.28. The molecular weight excluding hydrogens is 361 g/mol. The number of thiophene rings is 1. The molecule has 1 aliphatic rings. The molecule has 4 aromatic rings. The van der Waals surface area contributed by atoms with Crippen LogP contribution in [-0.2, 0) is 4.79 Å². The van der Waals surface area contributed by atoms with Gasteiger partial charge in [0.25, 0.3) is 0 Å². The van der Waals surface area contributed by atoms with E-state index < -0.39 is 0 Å². The summed E-state index contributed by atoms with van der Waals surface area (Å²) >= 11 is 1.52. The third-order valence-electron chi connectivity index (χ3n) is 5.17. The van der Waals surface area contributed by atoms with Gasteiger partial charge in [-0.15, -0.1) is 11.3 Å². The van der Waals surface area contributed by atoms with E-state index in [0.29, 0.717) is 0 Å². The molecule has 0 bridgehead atoms. The van der Waals surface area contributed by atoms with E-state index in [1.807, 2.05) is 37.3 Å². The second-order valence-corrected chi connectivity index (χ2v) is 8.26. The van der Waals surface area contributed by atoms with E-state index in [1.165, 1.54) is 23.5 Å². The summed E-state index contributed by atoms with van der Waals surface area (Å²) in [4.78, 5) is 21.6. The maximum Gasteiger partial charge on any atom is 0.224 e. The van der Waals surface area contributed by atoms with Crippen LogP contribution in [0.25, 0.3) is 21.1 Å². The Labute approximate surface area is 159 Å². The van der Waals surface area contributed by atoms with Crippen molar-refractivity contribution in [1.29, 1.82) is 0 Å². The Hall–Kier alpha value is -2.73. The summed E-state index contributed by atoms with van der Waals surface area (Å²) in [6, 6.07) is 14.6. The highest BCUT2D eigenvalue weighted by Gasteiger charge is 2.46. The Morgan fingerprint density at radius 1 is 1.30 bits per heavy atom. The van der Waals surface area contributed by atoms with Crippen LogP contribution in [0.3, 0.4) is 0 Å². The van der Waals surface area contributed by atoms with Gasteiger partial charge >= 0.3 is 0 Å². The van der Waals surface area contributed by atoms with Gasteiger partial charge in [0, 0.05) is 21.4 Å². The minimum atomic E-state index is -0.237. The second-order valence-electron chi connectivity index (χ2n) is 7.15. The second kappa shape index (κ2) is 6.16.